The lowest BCUT2D eigenvalue weighted by molar-refractivity contribution is 0.0961. The van der Waals surface area contributed by atoms with E-state index in [2.05, 4.69) is 36.1 Å². The van der Waals surface area contributed by atoms with Gasteiger partial charge in [0.1, 0.15) is 5.57 Å². The Labute approximate surface area is 204 Å². The van der Waals surface area contributed by atoms with Crippen LogP contribution in [0.15, 0.2) is 100 Å². The zero-order chi connectivity index (χ0) is 23.8. The Hall–Kier alpha value is -3.63. The van der Waals surface area contributed by atoms with Crippen LogP contribution in [-0.4, -0.2) is 18.1 Å². The van der Waals surface area contributed by atoms with E-state index in [4.69, 9.17) is 0 Å². The number of hydrogen-bond acceptors (Lipinski definition) is 4. The molecule has 5 rings (SSSR count). The molecule has 0 N–H and O–H groups in total. The minimum absolute atomic E-state index is 0.222. The summed E-state index contributed by atoms with van der Waals surface area (Å²) in [5.74, 6) is -0.493. The number of fused-ring (bicyclic) bond motifs is 3. The largest absolute Gasteiger partial charge is 0.334 e. The number of allylic oxidation sites excluding steroid dienone is 1. The summed E-state index contributed by atoms with van der Waals surface area (Å²) < 4.78 is 0. The zero-order valence-electron chi connectivity index (χ0n) is 19.5. The molecular weight excluding hydrogens is 438 g/mol. The fourth-order valence-corrected chi connectivity index (χ4v) is 5.62. The summed E-state index contributed by atoms with van der Waals surface area (Å²) in [5.41, 5.74) is 4.46. The normalized spacial score (nSPS) is 12.7. The van der Waals surface area contributed by atoms with E-state index in [9.17, 15) is 9.59 Å². The molecule has 4 heteroatoms. The van der Waals surface area contributed by atoms with E-state index >= 15 is 0 Å². The monoisotopic (exact) mass is 463 g/mol. The first-order chi connectivity index (χ1) is 16.5. The van der Waals surface area contributed by atoms with E-state index in [0.717, 1.165) is 32.5 Å². The molecule has 0 fully saturated rings. The van der Waals surface area contributed by atoms with Crippen molar-refractivity contribution in [2.24, 2.45) is 0 Å². The van der Waals surface area contributed by atoms with E-state index in [0.29, 0.717) is 22.7 Å². The number of ketones is 2. The Kier molecular flexibility index (Phi) is 5.84. The van der Waals surface area contributed by atoms with Crippen molar-refractivity contribution < 1.29 is 9.59 Å². The third-order valence-corrected chi connectivity index (χ3v) is 7.36. The zero-order valence-corrected chi connectivity index (χ0v) is 20.3. The maximum Gasteiger partial charge on any atom is 0.199 e. The van der Waals surface area contributed by atoms with Gasteiger partial charge in [0.05, 0.1) is 10.7 Å². The van der Waals surface area contributed by atoms with Gasteiger partial charge in [-0.2, -0.15) is 0 Å². The van der Waals surface area contributed by atoms with Crippen LogP contribution < -0.4 is 4.90 Å². The number of aryl methyl sites for hydroxylation is 2. The van der Waals surface area contributed by atoms with Gasteiger partial charge in [-0.05, 0) is 32.2 Å². The molecule has 4 aromatic carbocycles. The molecular formula is C30H25NO2S. The Balaban J connectivity index is 1.72. The fraction of sp³-hybridized carbons (Fsp3) is 0.133. The van der Waals surface area contributed by atoms with Crippen LogP contribution >= 0.6 is 11.8 Å². The topological polar surface area (TPSA) is 37.4 Å². The molecule has 0 saturated carbocycles. The first kappa shape index (κ1) is 22.2. The molecule has 1 aliphatic rings. The molecule has 0 bridgehead atoms. The predicted molar refractivity (Wildman–Crippen MR) is 141 cm³/mol. The molecule has 0 amide bonds. The van der Waals surface area contributed by atoms with Crippen molar-refractivity contribution in [2.75, 3.05) is 11.4 Å². The molecule has 4 aromatic rings. The van der Waals surface area contributed by atoms with Crippen molar-refractivity contribution in [2.45, 2.75) is 25.7 Å². The lowest BCUT2D eigenvalue weighted by Crippen LogP contribution is -2.24. The lowest BCUT2D eigenvalue weighted by atomic mass is 9.95. The SMILES string of the molecule is CCN1C(=C(C(=O)c2ccc(C)cc2)C(=O)c2ccc(C)cc2)Sc2ccc3ccccc3c21. The molecule has 34 heavy (non-hydrogen) atoms. The van der Waals surface area contributed by atoms with E-state index in [-0.39, 0.29) is 17.1 Å². The Morgan fingerprint density at radius 1 is 0.735 bits per heavy atom. The van der Waals surface area contributed by atoms with Gasteiger partial charge in [-0.25, -0.2) is 0 Å². The second-order valence-electron chi connectivity index (χ2n) is 8.55. The third-order valence-electron chi connectivity index (χ3n) is 6.20. The number of carbonyl (C=O) groups excluding carboxylic acids is 2. The summed E-state index contributed by atoms with van der Waals surface area (Å²) in [6.45, 7) is 6.67. The minimum atomic E-state index is -0.247. The van der Waals surface area contributed by atoms with Gasteiger partial charge >= 0.3 is 0 Å². The molecule has 0 aliphatic carbocycles. The lowest BCUT2D eigenvalue weighted by Gasteiger charge is -2.22. The van der Waals surface area contributed by atoms with Crippen LogP contribution in [0.2, 0.25) is 0 Å². The number of carbonyl (C=O) groups is 2. The fourth-order valence-electron chi connectivity index (χ4n) is 4.34. The molecule has 0 saturated heterocycles. The number of Topliss-reactive ketones (excluding diaryl/α,β-unsaturated/α-hetero) is 2. The van der Waals surface area contributed by atoms with Crippen molar-refractivity contribution >= 4 is 39.8 Å². The van der Waals surface area contributed by atoms with Crippen molar-refractivity contribution in [3.63, 3.8) is 0 Å². The van der Waals surface area contributed by atoms with E-state index in [1.54, 1.807) is 24.3 Å². The van der Waals surface area contributed by atoms with Crippen LogP contribution in [-0.2, 0) is 0 Å². The average molecular weight is 464 g/mol. The standard InChI is InChI=1S/C30H25NO2S/c1-4-31-27-24-8-6-5-7-21(24)17-18-25(27)34-30(31)26(28(32)22-13-9-19(2)10-14-22)29(33)23-15-11-20(3)12-16-23/h5-18H,4H2,1-3H3. The highest BCUT2D eigenvalue weighted by Crippen LogP contribution is 2.51. The highest BCUT2D eigenvalue weighted by Gasteiger charge is 2.34. The van der Waals surface area contributed by atoms with Gasteiger partial charge in [-0.15, -0.1) is 0 Å². The number of hydrogen-bond donors (Lipinski definition) is 0. The van der Waals surface area contributed by atoms with Gasteiger partial charge in [0.25, 0.3) is 0 Å². The highest BCUT2D eigenvalue weighted by atomic mass is 32.2. The average Bonchev–Trinajstić information content (AvgIpc) is 3.23. The molecule has 0 atom stereocenters. The summed E-state index contributed by atoms with van der Waals surface area (Å²) in [6.07, 6.45) is 0. The molecule has 0 unspecified atom stereocenters. The maximum atomic E-state index is 13.9. The number of nitrogens with zero attached hydrogens (tertiary/aromatic N) is 1. The molecule has 1 aliphatic heterocycles. The van der Waals surface area contributed by atoms with E-state index < -0.39 is 0 Å². The Bertz CT molecular complexity index is 1390. The predicted octanol–water partition coefficient (Wildman–Crippen LogP) is 7.37. The number of benzene rings is 4. The van der Waals surface area contributed by atoms with Crippen molar-refractivity contribution in [1.82, 2.24) is 0 Å². The molecule has 168 valence electrons. The third kappa shape index (κ3) is 3.84. The summed E-state index contributed by atoms with van der Waals surface area (Å²) in [4.78, 5) is 30.9. The quantitative estimate of drug-likeness (QED) is 0.134. The van der Waals surface area contributed by atoms with E-state index in [1.165, 1.54) is 11.8 Å². The first-order valence-electron chi connectivity index (χ1n) is 11.4. The highest BCUT2D eigenvalue weighted by molar-refractivity contribution is 8.03. The van der Waals surface area contributed by atoms with Crippen LogP contribution in [0.1, 0.15) is 38.8 Å². The second-order valence-corrected chi connectivity index (χ2v) is 9.58. The van der Waals surface area contributed by atoms with Crippen LogP contribution in [0.25, 0.3) is 10.8 Å². The van der Waals surface area contributed by atoms with E-state index in [1.807, 2.05) is 50.2 Å². The van der Waals surface area contributed by atoms with Crippen molar-refractivity contribution in [3.8, 4) is 0 Å². The molecule has 3 nitrogen and oxygen atoms in total. The molecule has 0 radical (unpaired) electrons. The second kappa shape index (κ2) is 8.96. The van der Waals surface area contributed by atoms with Gasteiger partial charge in [0.15, 0.2) is 11.6 Å². The molecule has 1 heterocycles. The Morgan fingerprint density at radius 3 is 1.85 bits per heavy atom. The van der Waals surface area contributed by atoms with Gasteiger partial charge in [-0.1, -0.05) is 102 Å². The summed E-state index contributed by atoms with van der Waals surface area (Å²) in [5, 5.41) is 2.96. The van der Waals surface area contributed by atoms with Crippen LogP contribution in [0.5, 0.6) is 0 Å². The van der Waals surface area contributed by atoms with Crippen LogP contribution in [0, 0.1) is 13.8 Å². The van der Waals surface area contributed by atoms with Gasteiger partial charge < -0.3 is 4.90 Å². The van der Waals surface area contributed by atoms with Gasteiger partial charge in [-0.3, -0.25) is 9.59 Å². The molecule has 0 aromatic heterocycles. The first-order valence-corrected chi connectivity index (χ1v) is 12.2. The van der Waals surface area contributed by atoms with Crippen LogP contribution in [0.3, 0.4) is 0 Å². The molecule has 0 spiro atoms. The van der Waals surface area contributed by atoms with Crippen molar-refractivity contribution in [1.29, 1.82) is 0 Å². The number of thioether (sulfide) groups is 1. The summed E-state index contributed by atoms with van der Waals surface area (Å²) in [7, 11) is 0. The summed E-state index contributed by atoms with van der Waals surface area (Å²) in [6, 6.07) is 27.3. The van der Waals surface area contributed by atoms with Crippen molar-refractivity contribution in [3.05, 3.63) is 118 Å². The smallest absolute Gasteiger partial charge is 0.199 e. The Morgan fingerprint density at radius 2 is 1.29 bits per heavy atom. The number of anilines is 1. The number of rotatable bonds is 5. The van der Waals surface area contributed by atoms with Crippen LogP contribution in [0.4, 0.5) is 5.69 Å². The van der Waals surface area contributed by atoms with Gasteiger partial charge in [0, 0.05) is 28.0 Å². The summed E-state index contributed by atoms with van der Waals surface area (Å²) >= 11 is 1.51. The van der Waals surface area contributed by atoms with Gasteiger partial charge in [0.2, 0.25) is 0 Å². The minimum Gasteiger partial charge on any atom is -0.334 e. The maximum absolute atomic E-state index is 13.9.